The minimum atomic E-state index is 0.285. The number of halogens is 1. The summed E-state index contributed by atoms with van der Waals surface area (Å²) in [6.45, 7) is 0. The first-order chi connectivity index (χ1) is 6.31. The Hall–Kier alpha value is -0.0100. The Morgan fingerprint density at radius 2 is 2.23 bits per heavy atom. The van der Waals surface area contributed by atoms with Crippen LogP contribution in [0, 0.1) is 5.92 Å². The molecule has 1 nitrogen and oxygen atoms in total. The van der Waals surface area contributed by atoms with Gasteiger partial charge in [-0.05, 0) is 25.7 Å². The maximum Gasteiger partial charge on any atom is 0.0636 e. The lowest BCUT2D eigenvalue weighted by molar-refractivity contribution is 0.0820. The van der Waals surface area contributed by atoms with Crippen LogP contribution >= 0.6 is 11.6 Å². The van der Waals surface area contributed by atoms with Gasteiger partial charge in [-0.15, -0.1) is 11.6 Å². The van der Waals surface area contributed by atoms with Crippen molar-refractivity contribution in [1.29, 1.82) is 0 Å². The molecule has 0 radical (unpaired) electrons. The van der Waals surface area contributed by atoms with Gasteiger partial charge < -0.3 is 4.74 Å². The van der Waals surface area contributed by atoms with Gasteiger partial charge in [-0.1, -0.05) is 18.1 Å². The number of alkyl halides is 1. The second-order valence-electron chi connectivity index (χ2n) is 4.11. The third-order valence-electron chi connectivity index (χ3n) is 3.34. The van der Waals surface area contributed by atoms with Gasteiger partial charge in [-0.2, -0.15) is 0 Å². The molecule has 3 unspecified atom stereocenters. The Labute approximate surface area is 85.1 Å². The number of hydrogen-bond acceptors (Lipinski definition) is 1. The molecule has 0 aromatic rings. The molecule has 0 aromatic carbocycles. The first-order valence-electron chi connectivity index (χ1n) is 5.18. The fourth-order valence-corrected chi connectivity index (χ4v) is 2.92. The monoisotopic (exact) mass is 200 g/mol. The smallest absolute Gasteiger partial charge is 0.0636 e. The average Bonchev–Trinajstić information content (AvgIpc) is 2.71. The van der Waals surface area contributed by atoms with E-state index in [9.17, 15) is 0 Å². The lowest BCUT2D eigenvalue weighted by atomic mass is 9.95. The Morgan fingerprint density at radius 3 is 2.85 bits per heavy atom. The van der Waals surface area contributed by atoms with Crippen molar-refractivity contribution < 1.29 is 4.74 Å². The number of hydrogen-bond donors (Lipinski definition) is 0. The summed E-state index contributed by atoms with van der Waals surface area (Å²) < 4.78 is 5.49. The second kappa shape index (κ2) is 4.02. The predicted molar refractivity (Wildman–Crippen MR) is 55.1 cm³/mol. The van der Waals surface area contributed by atoms with Gasteiger partial charge in [0.2, 0.25) is 0 Å². The summed E-state index contributed by atoms with van der Waals surface area (Å²) in [6, 6.07) is 0. The fourth-order valence-electron chi connectivity index (χ4n) is 2.64. The third kappa shape index (κ3) is 1.92. The summed E-state index contributed by atoms with van der Waals surface area (Å²) in [5, 5.41) is 0.285. The summed E-state index contributed by atoms with van der Waals surface area (Å²) >= 11 is 6.06. The number of allylic oxidation sites excluding steroid dienone is 1. The minimum absolute atomic E-state index is 0.285. The van der Waals surface area contributed by atoms with Crippen molar-refractivity contribution >= 4 is 11.6 Å². The molecule has 2 heteroatoms. The normalized spacial score (nSPS) is 39.5. The van der Waals surface area contributed by atoms with E-state index in [0.717, 1.165) is 6.42 Å². The number of methoxy groups -OCH3 is 1. The standard InChI is InChI=1S/C11H17ClO/c1-13-11-4-2-3-10(11)8-5-6-9(12)7-8/h7,9-11H,2-6H2,1H3. The Bertz CT molecular complexity index is 212. The van der Waals surface area contributed by atoms with Crippen molar-refractivity contribution in [2.45, 2.75) is 43.6 Å². The number of ether oxygens (including phenoxy) is 1. The topological polar surface area (TPSA) is 9.23 Å². The van der Waals surface area contributed by atoms with Gasteiger partial charge in [0.1, 0.15) is 0 Å². The molecule has 0 bridgehead atoms. The van der Waals surface area contributed by atoms with Crippen LogP contribution in [0.25, 0.3) is 0 Å². The summed E-state index contributed by atoms with van der Waals surface area (Å²) in [5.74, 6) is 0.675. The molecule has 74 valence electrons. The zero-order valence-corrected chi connectivity index (χ0v) is 8.89. The van der Waals surface area contributed by atoms with E-state index < -0.39 is 0 Å². The summed E-state index contributed by atoms with van der Waals surface area (Å²) in [7, 11) is 1.83. The largest absolute Gasteiger partial charge is 0.381 e. The molecule has 2 aliphatic rings. The third-order valence-corrected chi connectivity index (χ3v) is 3.68. The van der Waals surface area contributed by atoms with Gasteiger partial charge in [0.15, 0.2) is 0 Å². The van der Waals surface area contributed by atoms with Gasteiger partial charge in [0.25, 0.3) is 0 Å². The van der Waals surface area contributed by atoms with Crippen LogP contribution in [0.3, 0.4) is 0 Å². The predicted octanol–water partition coefficient (Wildman–Crippen LogP) is 3.13. The molecule has 2 rings (SSSR count). The summed E-state index contributed by atoms with van der Waals surface area (Å²) in [6.07, 6.45) is 8.88. The maximum atomic E-state index is 6.06. The van der Waals surface area contributed by atoms with Crippen LogP contribution < -0.4 is 0 Å². The van der Waals surface area contributed by atoms with Crippen LogP contribution in [0.1, 0.15) is 32.1 Å². The molecule has 1 saturated carbocycles. The molecule has 0 N–H and O–H groups in total. The molecule has 0 amide bonds. The van der Waals surface area contributed by atoms with Crippen LogP contribution in [0.5, 0.6) is 0 Å². The Kier molecular flexibility index (Phi) is 2.95. The van der Waals surface area contributed by atoms with Gasteiger partial charge in [0.05, 0.1) is 11.5 Å². The van der Waals surface area contributed by atoms with Gasteiger partial charge in [-0.3, -0.25) is 0 Å². The van der Waals surface area contributed by atoms with Crippen molar-refractivity contribution in [3.63, 3.8) is 0 Å². The van der Waals surface area contributed by atoms with E-state index >= 15 is 0 Å². The van der Waals surface area contributed by atoms with Gasteiger partial charge in [0, 0.05) is 13.0 Å². The fraction of sp³-hybridized carbons (Fsp3) is 0.818. The quantitative estimate of drug-likeness (QED) is 0.492. The van der Waals surface area contributed by atoms with E-state index in [-0.39, 0.29) is 5.38 Å². The minimum Gasteiger partial charge on any atom is -0.381 e. The highest BCUT2D eigenvalue weighted by Gasteiger charge is 2.31. The van der Waals surface area contributed by atoms with E-state index in [0.29, 0.717) is 12.0 Å². The van der Waals surface area contributed by atoms with E-state index in [2.05, 4.69) is 6.08 Å². The van der Waals surface area contributed by atoms with Crippen molar-refractivity contribution in [2.24, 2.45) is 5.92 Å². The highest BCUT2D eigenvalue weighted by atomic mass is 35.5. The van der Waals surface area contributed by atoms with E-state index in [1.54, 1.807) is 5.57 Å². The Balaban J connectivity index is 2.03. The summed E-state index contributed by atoms with van der Waals surface area (Å²) in [5.41, 5.74) is 1.56. The number of rotatable bonds is 2. The molecule has 0 aliphatic heterocycles. The van der Waals surface area contributed by atoms with Crippen molar-refractivity contribution in [3.8, 4) is 0 Å². The van der Waals surface area contributed by atoms with Crippen LogP contribution in [0.2, 0.25) is 0 Å². The SMILES string of the molecule is COC1CCCC1C1=CC(Cl)CC1. The summed E-state index contributed by atoms with van der Waals surface area (Å²) in [4.78, 5) is 0. The van der Waals surface area contributed by atoms with Crippen LogP contribution in [0.4, 0.5) is 0 Å². The molecule has 2 aliphatic carbocycles. The molecule has 0 saturated heterocycles. The van der Waals surface area contributed by atoms with Crippen LogP contribution in [-0.4, -0.2) is 18.6 Å². The lowest BCUT2D eigenvalue weighted by Gasteiger charge is -2.19. The van der Waals surface area contributed by atoms with Crippen LogP contribution in [0.15, 0.2) is 11.6 Å². The molecular weight excluding hydrogens is 184 g/mol. The Morgan fingerprint density at radius 1 is 1.38 bits per heavy atom. The lowest BCUT2D eigenvalue weighted by Crippen LogP contribution is -2.17. The zero-order chi connectivity index (χ0) is 9.26. The van der Waals surface area contributed by atoms with Gasteiger partial charge in [-0.25, -0.2) is 0 Å². The molecular formula is C11H17ClO. The zero-order valence-electron chi connectivity index (χ0n) is 8.13. The van der Waals surface area contributed by atoms with Crippen molar-refractivity contribution in [2.75, 3.05) is 7.11 Å². The molecule has 3 atom stereocenters. The van der Waals surface area contributed by atoms with Crippen molar-refractivity contribution in [1.82, 2.24) is 0 Å². The highest BCUT2D eigenvalue weighted by Crippen LogP contribution is 2.39. The maximum absolute atomic E-state index is 6.06. The van der Waals surface area contributed by atoms with E-state index in [1.807, 2.05) is 7.11 Å². The molecule has 1 fully saturated rings. The van der Waals surface area contributed by atoms with Crippen LogP contribution in [-0.2, 0) is 4.74 Å². The molecule has 0 spiro atoms. The highest BCUT2D eigenvalue weighted by molar-refractivity contribution is 6.22. The molecule has 0 heterocycles. The molecule has 0 aromatic heterocycles. The second-order valence-corrected chi connectivity index (χ2v) is 4.67. The van der Waals surface area contributed by atoms with E-state index in [4.69, 9.17) is 16.3 Å². The van der Waals surface area contributed by atoms with Crippen molar-refractivity contribution in [3.05, 3.63) is 11.6 Å². The molecule has 13 heavy (non-hydrogen) atoms. The average molecular weight is 201 g/mol. The van der Waals surface area contributed by atoms with Gasteiger partial charge >= 0.3 is 0 Å². The first-order valence-corrected chi connectivity index (χ1v) is 5.62. The van der Waals surface area contributed by atoms with E-state index in [1.165, 1.54) is 25.7 Å². The first kappa shape index (κ1) is 9.54.